The van der Waals surface area contributed by atoms with E-state index in [2.05, 4.69) is 5.16 Å². The first-order valence-electron chi connectivity index (χ1n) is 6.02. The molecule has 0 radical (unpaired) electrons. The molecule has 0 spiro atoms. The molecule has 2 aromatic rings. The molecule has 0 bridgehead atoms. The van der Waals surface area contributed by atoms with E-state index >= 15 is 0 Å². The summed E-state index contributed by atoms with van der Waals surface area (Å²) < 4.78 is 0.782. The van der Waals surface area contributed by atoms with E-state index in [0.29, 0.717) is 15.1 Å². The van der Waals surface area contributed by atoms with E-state index in [0.717, 1.165) is 14.0 Å². The molecule has 1 N–H and O–H groups in total. The van der Waals surface area contributed by atoms with Crippen LogP contribution in [0.1, 0.15) is 0 Å². The summed E-state index contributed by atoms with van der Waals surface area (Å²) >= 11 is 20.9. The van der Waals surface area contributed by atoms with Crippen LogP contribution in [-0.2, 0) is 0 Å². The number of benzene rings is 2. The van der Waals surface area contributed by atoms with Crippen LogP contribution in [0, 0.1) is 0 Å². The van der Waals surface area contributed by atoms with Crippen molar-refractivity contribution in [3.05, 3.63) is 67.8 Å². The molecule has 0 aliphatic rings. The van der Waals surface area contributed by atoms with E-state index in [-0.39, 0.29) is 0 Å². The van der Waals surface area contributed by atoms with Crippen molar-refractivity contribution in [3.63, 3.8) is 0 Å². The minimum atomic E-state index is 0.349. The van der Waals surface area contributed by atoms with Crippen LogP contribution in [0.15, 0.2) is 72.7 Å². The van der Waals surface area contributed by atoms with Gasteiger partial charge in [-0.25, -0.2) is 0 Å². The molecule has 0 aromatic heterocycles. The second-order valence-corrected chi connectivity index (χ2v) is 7.70. The summed E-state index contributed by atoms with van der Waals surface area (Å²) in [6, 6.07) is 14.8. The van der Waals surface area contributed by atoms with Gasteiger partial charge < -0.3 is 5.21 Å². The SMILES string of the molecule is O/N=C/C(Cl)=C(Sc1ccc(Cl)cc1)Sc1ccc(Cl)cc1. The van der Waals surface area contributed by atoms with E-state index < -0.39 is 0 Å². The molecular formula is C15H10Cl3NOS2. The molecule has 0 aliphatic carbocycles. The third-order valence-corrected chi connectivity index (χ3v) is 5.76. The van der Waals surface area contributed by atoms with Gasteiger partial charge in [0.25, 0.3) is 0 Å². The Kier molecular flexibility index (Phi) is 6.99. The highest BCUT2D eigenvalue weighted by Crippen LogP contribution is 2.42. The van der Waals surface area contributed by atoms with Gasteiger partial charge in [-0.05, 0) is 48.5 Å². The molecule has 0 heterocycles. The van der Waals surface area contributed by atoms with Crippen molar-refractivity contribution in [1.29, 1.82) is 0 Å². The van der Waals surface area contributed by atoms with Gasteiger partial charge in [-0.1, -0.05) is 63.5 Å². The lowest BCUT2D eigenvalue weighted by molar-refractivity contribution is 0.322. The lowest BCUT2D eigenvalue weighted by Gasteiger charge is -2.08. The van der Waals surface area contributed by atoms with Crippen molar-refractivity contribution in [2.45, 2.75) is 9.79 Å². The Morgan fingerprint density at radius 1 is 0.864 bits per heavy atom. The van der Waals surface area contributed by atoms with Crippen molar-refractivity contribution in [2.75, 3.05) is 0 Å². The zero-order chi connectivity index (χ0) is 15.9. The second-order valence-electron chi connectivity index (χ2n) is 3.99. The highest BCUT2D eigenvalue weighted by molar-refractivity contribution is 8.22. The first-order chi connectivity index (χ1) is 10.6. The topological polar surface area (TPSA) is 32.6 Å². The van der Waals surface area contributed by atoms with Crippen LogP contribution in [0.4, 0.5) is 0 Å². The molecule has 2 rings (SSSR count). The predicted molar refractivity (Wildman–Crippen MR) is 97.8 cm³/mol. The molecule has 0 fully saturated rings. The average molecular weight is 391 g/mol. The van der Waals surface area contributed by atoms with E-state index in [1.54, 1.807) is 0 Å². The predicted octanol–water partition coefficient (Wildman–Crippen LogP) is 6.75. The van der Waals surface area contributed by atoms with Crippen LogP contribution >= 0.6 is 58.3 Å². The van der Waals surface area contributed by atoms with Crippen LogP contribution < -0.4 is 0 Å². The van der Waals surface area contributed by atoms with Gasteiger partial charge in [0, 0.05) is 19.8 Å². The van der Waals surface area contributed by atoms with Gasteiger partial charge in [0.1, 0.15) is 0 Å². The zero-order valence-electron chi connectivity index (χ0n) is 11.0. The first kappa shape index (κ1) is 17.6. The Morgan fingerprint density at radius 2 is 1.27 bits per heavy atom. The highest BCUT2D eigenvalue weighted by atomic mass is 35.5. The van der Waals surface area contributed by atoms with Gasteiger partial charge in [0.15, 0.2) is 0 Å². The minimum absolute atomic E-state index is 0.349. The number of allylic oxidation sites excluding steroid dienone is 1. The van der Waals surface area contributed by atoms with E-state index in [1.807, 2.05) is 48.5 Å². The molecule has 0 saturated carbocycles. The van der Waals surface area contributed by atoms with Crippen molar-refractivity contribution in [3.8, 4) is 0 Å². The highest BCUT2D eigenvalue weighted by Gasteiger charge is 2.09. The Labute approximate surface area is 152 Å². The number of nitrogens with zero attached hydrogens (tertiary/aromatic N) is 1. The molecule has 22 heavy (non-hydrogen) atoms. The van der Waals surface area contributed by atoms with E-state index in [9.17, 15) is 0 Å². The third kappa shape index (κ3) is 5.45. The van der Waals surface area contributed by atoms with Crippen molar-refractivity contribution < 1.29 is 5.21 Å². The summed E-state index contributed by atoms with van der Waals surface area (Å²) in [5.74, 6) is 0. The lowest BCUT2D eigenvalue weighted by Crippen LogP contribution is -1.82. The first-order valence-corrected chi connectivity index (χ1v) is 8.79. The number of rotatable bonds is 5. The van der Waals surface area contributed by atoms with Crippen LogP contribution in [-0.4, -0.2) is 11.4 Å². The van der Waals surface area contributed by atoms with Crippen molar-refractivity contribution >= 4 is 64.5 Å². The molecule has 0 atom stereocenters. The maximum atomic E-state index is 8.69. The van der Waals surface area contributed by atoms with Gasteiger partial charge in [-0.3, -0.25) is 0 Å². The summed E-state index contributed by atoms with van der Waals surface area (Å²) in [6.07, 6.45) is 1.20. The standard InChI is InChI=1S/C15H10Cl3NOS2/c16-10-1-5-12(6-2-10)21-15(14(18)9-19-20)22-13-7-3-11(17)4-8-13/h1-9,20H/b19-9+. The summed E-state index contributed by atoms with van der Waals surface area (Å²) in [5.41, 5.74) is 0. The van der Waals surface area contributed by atoms with Gasteiger partial charge in [-0.2, -0.15) is 0 Å². The fraction of sp³-hybridized carbons (Fsp3) is 0. The Bertz CT molecular complexity index is 635. The molecule has 0 amide bonds. The molecular weight excluding hydrogens is 381 g/mol. The Morgan fingerprint density at radius 3 is 1.64 bits per heavy atom. The fourth-order valence-corrected chi connectivity index (χ4v) is 3.99. The quantitative estimate of drug-likeness (QED) is 0.265. The van der Waals surface area contributed by atoms with E-state index in [4.69, 9.17) is 40.0 Å². The van der Waals surface area contributed by atoms with Crippen LogP contribution in [0.3, 0.4) is 0 Å². The number of hydrogen-bond acceptors (Lipinski definition) is 4. The van der Waals surface area contributed by atoms with Gasteiger partial charge in [0.2, 0.25) is 0 Å². The summed E-state index contributed by atoms with van der Waals surface area (Å²) in [4.78, 5) is 1.95. The Balaban J connectivity index is 2.25. The molecule has 7 heteroatoms. The molecule has 2 aromatic carbocycles. The maximum absolute atomic E-state index is 8.69. The zero-order valence-corrected chi connectivity index (χ0v) is 14.9. The molecule has 0 saturated heterocycles. The number of thioether (sulfide) groups is 2. The number of halogens is 3. The summed E-state index contributed by atoms with van der Waals surface area (Å²) in [6.45, 7) is 0. The largest absolute Gasteiger partial charge is 0.411 e. The summed E-state index contributed by atoms with van der Waals surface area (Å²) in [7, 11) is 0. The van der Waals surface area contributed by atoms with Crippen LogP contribution in [0.5, 0.6) is 0 Å². The molecule has 0 unspecified atom stereocenters. The maximum Gasteiger partial charge on any atom is 0.0864 e. The average Bonchev–Trinajstić information content (AvgIpc) is 2.51. The van der Waals surface area contributed by atoms with Gasteiger partial charge in [-0.15, -0.1) is 0 Å². The van der Waals surface area contributed by atoms with Crippen molar-refractivity contribution in [1.82, 2.24) is 0 Å². The van der Waals surface area contributed by atoms with Crippen LogP contribution in [0.25, 0.3) is 0 Å². The normalized spacial score (nSPS) is 10.9. The second kappa shape index (κ2) is 8.75. The lowest BCUT2D eigenvalue weighted by atomic mass is 10.4. The summed E-state index contributed by atoms with van der Waals surface area (Å²) in [5, 5.41) is 13.4. The fourth-order valence-electron chi connectivity index (χ4n) is 1.44. The Hall–Kier alpha value is -0.780. The minimum Gasteiger partial charge on any atom is -0.411 e. The molecule has 114 valence electrons. The van der Waals surface area contributed by atoms with Gasteiger partial charge in [0.05, 0.1) is 15.5 Å². The van der Waals surface area contributed by atoms with E-state index in [1.165, 1.54) is 29.7 Å². The monoisotopic (exact) mass is 389 g/mol. The smallest absolute Gasteiger partial charge is 0.0864 e. The molecule has 0 aliphatic heterocycles. The third-order valence-electron chi connectivity index (χ3n) is 2.41. The number of hydrogen-bond donors (Lipinski definition) is 1. The van der Waals surface area contributed by atoms with Crippen molar-refractivity contribution in [2.24, 2.45) is 5.16 Å². The molecule has 2 nitrogen and oxygen atoms in total. The van der Waals surface area contributed by atoms with Gasteiger partial charge >= 0.3 is 0 Å². The van der Waals surface area contributed by atoms with Crippen LogP contribution in [0.2, 0.25) is 10.0 Å². The number of oxime groups is 1.